The van der Waals surface area contributed by atoms with E-state index in [0.717, 1.165) is 11.3 Å². The standard InChI is InChI=1S/C11H14N2O3S/c1-3-17(15,16)12-9-4-5-10-8(6-9)7-11(14)13(10)2/h4-6,12H,3,7H2,1-2H3. The largest absolute Gasteiger partial charge is 0.315 e. The number of likely N-dealkylation sites (N-methyl/N-ethyl adjacent to an activating group) is 1. The van der Waals surface area contributed by atoms with Crippen LogP contribution < -0.4 is 9.62 Å². The average Bonchev–Trinajstić information content (AvgIpc) is 2.54. The molecule has 0 atom stereocenters. The molecule has 1 amide bonds. The van der Waals surface area contributed by atoms with Crippen LogP contribution >= 0.6 is 0 Å². The Morgan fingerprint density at radius 3 is 2.76 bits per heavy atom. The first-order valence-electron chi connectivity index (χ1n) is 5.33. The number of nitrogens with one attached hydrogen (secondary N) is 1. The number of carbonyl (C=O) groups is 1. The second-order valence-corrected chi connectivity index (χ2v) is 5.99. The van der Waals surface area contributed by atoms with Gasteiger partial charge in [-0.25, -0.2) is 8.42 Å². The predicted octanol–water partition coefficient (Wildman–Crippen LogP) is 0.967. The zero-order valence-corrected chi connectivity index (χ0v) is 10.5. The number of hydrogen-bond acceptors (Lipinski definition) is 3. The van der Waals surface area contributed by atoms with Crippen molar-refractivity contribution in [3.8, 4) is 0 Å². The van der Waals surface area contributed by atoms with Gasteiger partial charge in [-0.05, 0) is 30.7 Å². The maximum Gasteiger partial charge on any atom is 0.232 e. The first-order valence-corrected chi connectivity index (χ1v) is 6.98. The Labute approximate surface area is 100 Å². The number of anilines is 2. The lowest BCUT2D eigenvalue weighted by Gasteiger charge is -2.11. The molecule has 0 spiro atoms. The lowest BCUT2D eigenvalue weighted by Crippen LogP contribution is -2.20. The van der Waals surface area contributed by atoms with Gasteiger partial charge in [0.2, 0.25) is 15.9 Å². The first kappa shape index (κ1) is 11.9. The van der Waals surface area contributed by atoms with Crippen molar-refractivity contribution in [1.29, 1.82) is 0 Å². The van der Waals surface area contributed by atoms with E-state index >= 15 is 0 Å². The first-order chi connectivity index (χ1) is 7.93. The molecule has 92 valence electrons. The van der Waals surface area contributed by atoms with Crippen LogP contribution in [0.1, 0.15) is 12.5 Å². The second-order valence-electron chi connectivity index (χ2n) is 3.98. The fraction of sp³-hybridized carbons (Fsp3) is 0.364. The smallest absolute Gasteiger partial charge is 0.232 e. The average molecular weight is 254 g/mol. The van der Waals surface area contributed by atoms with E-state index in [9.17, 15) is 13.2 Å². The predicted molar refractivity (Wildman–Crippen MR) is 66.6 cm³/mol. The molecule has 1 aromatic rings. The fourth-order valence-electron chi connectivity index (χ4n) is 1.79. The lowest BCUT2D eigenvalue weighted by molar-refractivity contribution is -0.117. The van der Waals surface area contributed by atoms with Crippen molar-refractivity contribution in [2.75, 3.05) is 22.4 Å². The molecule has 1 aliphatic rings. The number of carbonyl (C=O) groups excluding carboxylic acids is 1. The minimum atomic E-state index is -3.27. The summed E-state index contributed by atoms with van der Waals surface area (Å²) >= 11 is 0. The van der Waals surface area contributed by atoms with Crippen molar-refractivity contribution in [3.63, 3.8) is 0 Å². The van der Waals surface area contributed by atoms with Gasteiger partial charge in [0.15, 0.2) is 0 Å². The highest BCUT2D eigenvalue weighted by atomic mass is 32.2. The fourth-order valence-corrected chi connectivity index (χ4v) is 2.42. The SMILES string of the molecule is CCS(=O)(=O)Nc1ccc2c(c1)CC(=O)N2C. The topological polar surface area (TPSA) is 66.5 Å². The van der Waals surface area contributed by atoms with Gasteiger partial charge in [0.25, 0.3) is 0 Å². The molecule has 2 rings (SSSR count). The van der Waals surface area contributed by atoms with Crippen molar-refractivity contribution < 1.29 is 13.2 Å². The summed E-state index contributed by atoms with van der Waals surface area (Å²) in [7, 11) is -1.55. The van der Waals surface area contributed by atoms with E-state index in [4.69, 9.17) is 0 Å². The number of hydrogen-bond donors (Lipinski definition) is 1. The molecule has 6 heteroatoms. The number of rotatable bonds is 3. The van der Waals surface area contributed by atoms with E-state index in [1.165, 1.54) is 0 Å². The van der Waals surface area contributed by atoms with Crippen LogP contribution in [0.5, 0.6) is 0 Å². The summed E-state index contributed by atoms with van der Waals surface area (Å²) in [6.07, 6.45) is 0.327. The molecule has 1 heterocycles. The van der Waals surface area contributed by atoms with E-state index in [0.29, 0.717) is 12.1 Å². The minimum Gasteiger partial charge on any atom is -0.315 e. The summed E-state index contributed by atoms with van der Waals surface area (Å²) in [5.74, 6) is 0.0543. The molecule has 0 unspecified atom stereocenters. The van der Waals surface area contributed by atoms with Gasteiger partial charge in [0, 0.05) is 18.4 Å². The monoisotopic (exact) mass is 254 g/mol. The molecular weight excluding hydrogens is 240 g/mol. The maximum atomic E-state index is 11.5. The van der Waals surface area contributed by atoms with E-state index in [1.807, 2.05) is 0 Å². The van der Waals surface area contributed by atoms with Crippen molar-refractivity contribution in [3.05, 3.63) is 23.8 Å². The van der Waals surface area contributed by atoms with Gasteiger partial charge in [-0.3, -0.25) is 9.52 Å². The molecule has 1 N–H and O–H groups in total. The molecule has 0 fully saturated rings. The highest BCUT2D eigenvalue weighted by molar-refractivity contribution is 7.92. The molecule has 0 aromatic heterocycles. The number of fused-ring (bicyclic) bond motifs is 1. The zero-order valence-electron chi connectivity index (χ0n) is 9.73. The van der Waals surface area contributed by atoms with Gasteiger partial charge in [0.05, 0.1) is 12.2 Å². The summed E-state index contributed by atoms with van der Waals surface area (Å²) in [5, 5.41) is 0. The molecule has 0 saturated heterocycles. The molecule has 0 aliphatic carbocycles. The van der Waals surface area contributed by atoms with Crippen LogP contribution in [-0.2, 0) is 21.2 Å². The summed E-state index contributed by atoms with van der Waals surface area (Å²) in [6.45, 7) is 1.58. The molecular formula is C11H14N2O3S. The van der Waals surface area contributed by atoms with Crippen molar-refractivity contribution in [1.82, 2.24) is 0 Å². The number of sulfonamides is 1. The van der Waals surface area contributed by atoms with Crippen LogP contribution in [-0.4, -0.2) is 27.1 Å². The molecule has 0 radical (unpaired) electrons. The van der Waals surface area contributed by atoms with Crippen molar-refractivity contribution >= 4 is 27.3 Å². The third kappa shape index (κ3) is 2.26. The van der Waals surface area contributed by atoms with Gasteiger partial charge in [0.1, 0.15) is 0 Å². The van der Waals surface area contributed by atoms with E-state index in [1.54, 1.807) is 37.1 Å². The van der Waals surface area contributed by atoms with Crippen LogP contribution in [0, 0.1) is 0 Å². The van der Waals surface area contributed by atoms with Crippen LogP contribution in [0.3, 0.4) is 0 Å². The van der Waals surface area contributed by atoms with Gasteiger partial charge in [-0.1, -0.05) is 0 Å². The van der Waals surface area contributed by atoms with Gasteiger partial charge in [-0.2, -0.15) is 0 Å². The van der Waals surface area contributed by atoms with Crippen LogP contribution in [0.2, 0.25) is 0 Å². The quantitative estimate of drug-likeness (QED) is 0.874. The molecule has 1 aromatic carbocycles. The Balaban J connectivity index is 2.31. The van der Waals surface area contributed by atoms with Crippen LogP contribution in [0.15, 0.2) is 18.2 Å². The van der Waals surface area contributed by atoms with Gasteiger partial charge >= 0.3 is 0 Å². The Bertz CT molecular complexity index is 566. The van der Waals surface area contributed by atoms with E-state index in [-0.39, 0.29) is 11.7 Å². The summed E-state index contributed by atoms with van der Waals surface area (Å²) in [6, 6.07) is 5.14. The van der Waals surface area contributed by atoms with Gasteiger partial charge in [-0.15, -0.1) is 0 Å². The Kier molecular flexibility index (Phi) is 2.82. The van der Waals surface area contributed by atoms with Crippen molar-refractivity contribution in [2.24, 2.45) is 0 Å². The zero-order chi connectivity index (χ0) is 12.6. The summed E-state index contributed by atoms with van der Waals surface area (Å²) < 4.78 is 25.3. The number of amides is 1. The Morgan fingerprint density at radius 1 is 1.41 bits per heavy atom. The minimum absolute atomic E-state index is 0.0236. The number of benzene rings is 1. The highest BCUT2D eigenvalue weighted by Gasteiger charge is 2.24. The maximum absolute atomic E-state index is 11.5. The highest BCUT2D eigenvalue weighted by Crippen LogP contribution is 2.30. The molecule has 0 saturated carbocycles. The van der Waals surface area contributed by atoms with E-state index in [2.05, 4.69) is 4.72 Å². The third-order valence-corrected chi connectivity index (χ3v) is 4.12. The molecule has 1 aliphatic heterocycles. The van der Waals surface area contributed by atoms with Gasteiger partial charge < -0.3 is 4.90 Å². The normalized spacial score (nSPS) is 14.9. The third-order valence-electron chi connectivity index (χ3n) is 2.81. The van der Waals surface area contributed by atoms with Crippen molar-refractivity contribution in [2.45, 2.75) is 13.3 Å². The van der Waals surface area contributed by atoms with E-state index < -0.39 is 10.0 Å². The van der Waals surface area contributed by atoms with Crippen LogP contribution in [0.25, 0.3) is 0 Å². The Morgan fingerprint density at radius 2 is 2.12 bits per heavy atom. The molecule has 17 heavy (non-hydrogen) atoms. The summed E-state index contributed by atoms with van der Waals surface area (Å²) in [5.41, 5.74) is 2.21. The number of nitrogens with zero attached hydrogens (tertiary/aromatic N) is 1. The Hall–Kier alpha value is -1.56. The summed E-state index contributed by atoms with van der Waals surface area (Å²) in [4.78, 5) is 13.0. The second kappa shape index (κ2) is 4.03. The van der Waals surface area contributed by atoms with Crippen LogP contribution in [0.4, 0.5) is 11.4 Å². The molecule has 5 nitrogen and oxygen atoms in total. The molecule has 0 bridgehead atoms. The lowest BCUT2D eigenvalue weighted by atomic mass is 10.1.